The highest BCUT2D eigenvalue weighted by Gasteiger charge is 2.16. The van der Waals surface area contributed by atoms with E-state index < -0.39 is 0 Å². The van der Waals surface area contributed by atoms with E-state index in [2.05, 4.69) is 25.2 Å². The lowest BCUT2D eigenvalue weighted by molar-refractivity contribution is 0.101. The van der Waals surface area contributed by atoms with E-state index >= 15 is 0 Å². The van der Waals surface area contributed by atoms with Crippen LogP contribution in [-0.4, -0.2) is 30.5 Å². The molecule has 8 nitrogen and oxygen atoms in total. The number of hydrogen-bond donors (Lipinski definition) is 2. The number of aryl methyl sites for hydroxylation is 1. The van der Waals surface area contributed by atoms with Crippen molar-refractivity contribution in [3.63, 3.8) is 0 Å². The van der Waals surface area contributed by atoms with Gasteiger partial charge in [0, 0.05) is 18.6 Å². The van der Waals surface area contributed by atoms with Crippen LogP contribution >= 0.6 is 11.5 Å². The summed E-state index contributed by atoms with van der Waals surface area (Å²) in [5.41, 5.74) is 6.17. The first-order valence-corrected chi connectivity index (χ1v) is 4.69. The minimum Gasteiger partial charge on any atom is -0.396 e. The molecule has 78 valence electrons. The van der Waals surface area contributed by atoms with Gasteiger partial charge in [-0.1, -0.05) is 9.59 Å². The van der Waals surface area contributed by atoms with Crippen LogP contribution in [0.25, 0.3) is 0 Å². The molecular weight excluding hydrogens is 218 g/mol. The number of amides is 1. The topological polar surface area (TPSA) is 112 Å². The fraction of sp³-hybridized carbons (Fsp3) is 0.167. The molecule has 15 heavy (non-hydrogen) atoms. The van der Waals surface area contributed by atoms with Crippen molar-refractivity contribution in [2.75, 3.05) is 11.1 Å². The molecule has 0 radical (unpaired) electrons. The van der Waals surface area contributed by atoms with Crippen LogP contribution in [0.4, 0.5) is 10.8 Å². The number of rotatable bonds is 2. The van der Waals surface area contributed by atoms with Gasteiger partial charge in [-0.3, -0.25) is 14.8 Å². The van der Waals surface area contributed by atoms with Crippen molar-refractivity contribution >= 4 is 28.3 Å². The van der Waals surface area contributed by atoms with Crippen LogP contribution < -0.4 is 11.1 Å². The van der Waals surface area contributed by atoms with Crippen LogP contribution in [0.5, 0.6) is 0 Å². The molecule has 2 heterocycles. The number of anilines is 2. The number of nitrogen functional groups attached to an aromatic ring is 1. The summed E-state index contributed by atoms with van der Waals surface area (Å²) in [6, 6.07) is 0. The van der Waals surface area contributed by atoms with E-state index in [1.54, 1.807) is 7.05 Å². The molecule has 0 fully saturated rings. The van der Waals surface area contributed by atoms with Crippen LogP contribution in [0.2, 0.25) is 0 Å². The Kier molecular flexibility index (Phi) is 2.29. The minimum absolute atomic E-state index is 0.283. The largest absolute Gasteiger partial charge is 0.396 e. The zero-order valence-corrected chi connectivity index (χ0v) is 8.52. The molecule has 0 aromatic carbocycles. The third-order valence-electron chi connectivity index (χ3n) is 1.70. The molecule has 0 aliphatic carbocycles. The zero-order valence-electron chi connectivity index (χ0n) is 7.71. The van der Waals surface area contributed by atoms with E-state index in [-0.39, 0.29) is 11.6 Å². The summed E-state index contributed by atoms with van der Waals surface area (Å²) < 4.78 is 4.90. The molecule has 1 amide bonds. The van der Waals surface area contributed by atoms with Crippen LogP contribution in [0, 0.1) is 0 Å². The number of carbonyl (C=O) groups is 1. The molecule has 0 atom stereocenters. The first-order valence-electron chi connectivity index (χ1n) is 3.92. The molecular formula is C6H7N7OS. The van der Waals surface area contributed by atoms with Gasteiger partial charge in [-0.25, -0.2) is 0 Å². The van der Waals surface area contributed by atoms with E-state index in [0.29, 0.717) is 10.8 Å². The number of carbonyl (C=O) groups excluding carboxylic acids is 1. The van der Waals surface area contributed by atoms with E-state index in [4.69, 9.17) is 5.73 Å². The van der Waals surface area contributed by atoms with Gasteiger partial charge in [-0.05, 0) is 5.21 Å². The lowest BCUT2D eigenvalue weighted by Gasteiger charge is -2.01. The Bertz CT molecular complexity index is 456. The zero-order chi connectivity index (χ0) is 10.8. The normalized spacial score (nSPS) is 10.2. The van der Waals surface area contributed by atoms with Gasteiger partial charge < -0.3 is 5.73 Å². The molecule has 0 saturated carbocycles. The summed E-state index contributed by atoms with van der Waals surface area (Å²) in [5.74, 6) is -0.383. The number of aromatic nitrogens is 5. The smallest absolute Gasteiger partial charge is 0.277 e. The molecule has 0 bridgehead atoms. The standard InChI is InChI=1S/C6H7N7OS/c1-13-4(3(7)2-8-13)5(14)9-6-10-11-12-15-6/h2H,7H2,1H3,(H,9,10,12,14). The van der Waals surface area contributed by atoms with Gasteiger partial charge in [0.2, 0.25) is 5.13 Å². The summed E-state index contributed by atoms with van der Waals surface area (Å²) in [5, 5.41) is 13.6. The fourth-order valence-corrected chi connectivity index (χ4v) is 1.43. The van der Waals surface area contributed by atoms with Crippen molar-refractivity contribution in [1.82, 2.24) is 24.6 Å². The summed E-state index contributed by atoms with van der Waals surface area (Å²) in [6.45, 7) is 0. The Balaban J connectivity index is 2.22. The van der Waals surface area contributed by atoms with Gasteiger partial charge in [0.05, 0.1) is 11.9 Å². The molecule has 0 unspecified atom stereocenters. The SMILES string of the molecule is Cn1ncc(N)c1C(=O)Nc1nnns1. The third kappa shape index (κ3) is 1.76. The monoisotopic (exact) mass is 225 g/mol. The van der Waals surface area contributed by atoms with Crippen molar-refractivity contribution in [2.45, 2.75) is 0 Å². The maximum absolute atomic E-state index is 11.7. The van der Waals surface area contributed by atoms with Gasteiger partial charge in [0.15, 0.2) is 0 Å². The third-order valence-corrected chi connectivity index (χ3v) is 2.21. The molecule has 9 heteroatoms. The highest BCUT2D eigenvalue weighted by atomic mass is 32.1. The Hall–Kier alpha value is -2.03. The minimum atomic E-state index is -0.383. The number of nitrogens with two attached hydrogens (primary N) is 1. The maximum Gasteiger partial charge on any atom is 0.277 e. The molecule has 0 saturated heterocycles. The summed E-state index contributed by atoms with van der Waals surface area (Å²) in [6.07, 6.45) is 1.41. The van der Waals surface area contributed by atoms with Crippen LogP contribution in [0.1, 0.15) is 10.5 Å². The average Bonchev–Trinajstić information content (AvgIpc) is 2.77. The Morgan fingerprint density at radius 2 is 2.47 bits per heavy atom. The Morgan fingerprint density at radius 1 is 1.67 bits per heavy atom. The van der Waals surface area contributed by atoms with Crippen molar-refractivity contribution in [2.24, 2.45) is 7.05 Å². The van der Waals surface area contributed by atoms with Gasteiger partial charge in [-0.15, -0.1) is 0 Å². The second kappa shape index (κ2) is 3.61. The van der Waals surface area contributed by atoms with Crippen LogP contribution in [-0.2, 0) is 7.05 Å². The molecule has 3 N–H and O–H groups in total. The fourth-order valence-electron chi connectivity index (χ4n) is 1.07. The van der Waals surface area contributed by atoms with Crippen LogP contribution in [0.3, 0.4) is 0 Å². The maximum atomic E-state index is 11.7. The van der Waals surface area contributed by atoms with E-state index in [1.807, 2.05) is 0 Å². The average molecular weight is 225 g/mol. The van der Waals surface area contributed by atoms with Crippen molar-refractivity contribution in [3.05, 3.63) is 11.9 Å². The first kappa shape index (κ1) is 9.52. The number of nitrogens with one attached hydrogen (secondary N) is 1. The predicted octanol–water partition coefficient (Wildman–Crippen LogP) is -0.499. The molecule has 2 rings (SSSR count). The summed E-state index contributed by atoms with van der Waals surface area (Å²) in [7, 11) is 1.63. The molecule has 2 aromatic rings. The molecule has 0 aliphatic heterocycles. The summed E-state index contributed by atoms with van der Waals surface area (Å²) in [4.78, 5) is 11.7. The van der Waals surface area contributed by atoms with E-state index in [1.165, 1.54) is 10.9 Å². The molecule has 0 spiro atoms. The summed E-state index contributed by atoms with van der Waals surface area (Å²) >= 11 is 0.986. The van der Waals surface area contributed by atoms with Crippen molar-refractivity contribution in [1.29, 1.82) is 0 Å². The van der Waals surface area contributed by atoms with E-state index in [9.17, 15) is 4.79 Å². The van der Waals surface area contributed by atoms with Gasteiger partial charge in [-0.2, -0.15) is 5.10 Å². The first-order chi connectivity index (χ1) is 7.18. The second-order valence-electron chi connectivity index (χ2n) is 2.69. The second-order valence-corrected chi connectivity index (χ2v) is 3.43. The van der Waals surface area contributed by atoms with Gasteiger partial charge >= 0.3 is 0 Å². The highest BCUT2D eigenvalue weighted by molar-refractivity contribution is 7.09. The quantitative estimate of drug-likeness (QED) is 0.712. The highest BCUT2D eigenvalue weighted by Crippen LogP contribution is 2.12. The molecule has 0 aliphatic rings. The van der Waals surface area contributed by atoms with Gasteiger partial charge in [0.25, 0.3) is 5.91 Å². The number of hydrogen-bond acceptors (Lipinski definition) is 7. The van der Waals surface area contributed by atoms with Crippen LogP contribution in [0.15, 0.2) is 6.20 Å². The van der Waals surface area contributed by atoms with Gasteiger partial charge in [0.1, 0.15) is 5.69 Å². The molecule has 2 aromatic heterocycles. The lowest BCUT2D eigenvalue weighted by atomic mass is 10.3. The number of nitrogens with zero attached hydrogens (tertiary/aromatic N) is 5. The predicted molar refractivity (Wildman–Crippen MR) is 53.3 cm³/mol. The van der Waals surface area contributed by atoms with Crippen molar-refractivity contribution < 1.29 is 4.79 Å². The van der Waals surface area contributed by atoms with Crippen molar-refractivity contribution in [3.8, 4) is 0 Å². The Labute approximate surface area is 88.3 Å². The van der Waals surface area contributed by atoms with E-state index in [0.717, 1.165) is 11.5 Å². The lowest BCUT2D eigenvalue weighted by Crippen LogP contribution is -2.17. The Morgan fingerprint density at radius 3 is 3.00 bits per heavy atom.